The summed E-state index contributed by atoms with van der Waals surface area (Å²) < 4.78 is 6.08. The van der Waals surface area contributed by atoms with Gasteiger partial charge in [-0.05, 0) is 24.6 Å². The van der Waals surface area contributed by atoms with E-state index < -0.39 is 0 Å². The van der Waals surface area contributed by atoms with Crippen molar-refractivity contribution in [2.45, 2.75) is 13.5 Å². The van der Waals surface area contributed by atoms with Gasteiger partial charge < -0.3 is 9.73 Å². The number of nitrogens with one attached hydrogen (secondary N) is 1. The molecule has 1 aromatic carbocycles. The van der Waals surface area contributed by atoms with E-state index in [-0.39, 0.29) is 5.91 Å². The molecule has 0 atom stereocenters. The molecule has 0 saturated carbocycles. The predicted octanol–water partition coefficient (Wildman–Crippen LogP) is 3.28. The first kappa shape index (κ1) is 11.9. The lowest BCUT2D eigenvalue weighted by Gasteiger charge is -2.05. The number of halogens is 1. The van der Waals surface area contributed by atoms with Crippen LogP contribution in [-0.2, 0) is 6.54 Å². The summed E-state index contributed by atoms with van der Waals surface area (Å²) in [6.07, 6.45) is 1.46. The van der Waals surface area contributed by atoms with Gasteiger partial charge in [0.15, 0.2) is 0 Å². The summed E-state index contributed by atoms with van der Waals surface area (Å²) in [6, 6.07) is 9.51. The van der Waals surface area contributed by atoms with Crippen molar-refractivity contribution in [2.75, 3.05) is 0 Å². The molecule has 0 unspecified atom stereocenters. The summed E-state index contributed by atoms with van der Waals surface area (Å²) >= 11 is 3.44. The lowest BCUT2D eigenvalue weighted by molar-refractivity contribution is 0.0950. The van der Waals surface area contributed by atoms with Crippen LogP contribution in [0.5, 0.6) is 0 Å². The predicted molar refractivity (Wildman–Crippen MR) is 68.8 cm³/mol. The maximum absolute atomic E-state index is 11.8. The van der Waals surface area contributed by atoms with Gasteiger partial charge in [-0.1, -0.05) is 34.1 Å². The smallest absolute Gasteiger partial charge is 0.254 e. The SMILES string of the molecule is Cc1cc(C(=O)NCc2ccccc2Br)co1. The van der Waals surface area contributed by atoms with Crippen LogP contribution in [0.4, 0.5) is 0 Å². The van der Waals surface area contributed by atoms with Crippen LogP contribution in [0.3, 0.4) is 0 Å². The molecule has 0 aliphatic heterocycles. The maximum Gasteiger partial charge on any atom is 0.254 e. The zero-order valence-corrected chi connectivity index (χ0v) is 11.0. The number of hydrogen-bond donors (Lipinski definition) is 1. The fraction of sp³-hybridized carbons (Fsp3) is 0.154. The van der Waals surface area contributed by atoms with Crippen molar-refractivity contribution in [1.29, 1.82) is 0 Å². The van der Waals surface area contributed by atoms with Gasteiger partial charge in [-0.2, -0.15) is 0 Å². The Morgan fingerprint density at radius 3 is 2.82 bits per heavy atom. The summed E-state index contributed by atoms with van der Waals surface area (Å²) in [7, 11) is 0. The monoisotopic (exact) mass is 293 g/mol. The summed E-state index contributed by atoms with van der Waals surface area (Å²) in [6.45, 7) is 2.30. The number of rotatable bonds is 3. The van der Waals surface area contributed by atoms with E-state index in [0.29, 0.717) is 12.1 Å². The van der Waals surface area contributed by atoms with E-state index in [1.165, 1.54) is 6.26 Å². The van der Waals surface area contributed by atoms with Crippen LogP contribution in [0, 0.1) is 6.92 Å². The number of benzene rings is 1. The van der Waals surface area contributed by atoms with Crippen molar-refractivity contribution in [3.63, 3.8) is 0 Å². The minimum absolute atomic E-state index is 0.127. The molecule has 2 rings (SSSR count). The summed E-state index contributed by atoms with van der Waals surface area (Å²) in [4.78, 5) is 11.8. The number of carbonyl (C=O) groups is 1. The first-order chi connectivity index (χ1) is 8.16. The average molecular weight is 294 g/mol. The van der Waals surface area contributed by atoms with Gasteiger partial charge in [0.2, 0.25) is 0 Å². The molecular weight excluding hydrogens is 282 g/mol. The third-order valence-electron chi connectivity index (χ3n) is 2.39. The molecule has 0 radical (unpaired) electrons. The molecule has 2 aromatic rings. The van der Waals surface area contributed by atoms with E-state index in [0.717, 1.165) is 15.8 Å². The molecule has 0 fully saturated rings. The molecule has 0 aliphatic carbocycles. The van der Waals surface area contributed by atoms with E-state index in [2.05, 4.69) is 21.2 Å². The van der Waals surface area contributed by atoms with Gasteiger partial charge >= 0.3 is 0 Å². The molecule has 0 spiro atoms. The molecule has 4 heteroatoms. The number of aryl methyl sites for hydroxylation is 1. The third kappa shape index (κ3) is 2.97. The van der Waals surface area contributed by atoms with Crippen molar-refractivity contribution in [3.05, 3.63) is 58.0 Å². The van der Waals surface area contributed by atoms with Crippen molar-refractivity contribution < 1.29 is 9.21 Å². The van der Waals surface area contributed by atoms with Crippen LogP contribution in [0.2, 0.25) is 0 Å². The minimum Gasteiger partial charge on any atom is -0.469 e. The number of furan rings is 1. The van der Waals surface area contributed by atoms with Crippen molar-refractivity contribution >= 4 is 21.8 Å². The Labute approximate surface area is 108 Å². The molecule has 1 amide bonds. The van der Waals surface area contributed by atoms with Gasteiger partial charge in [0.1, 0.15) is 12.0 Å². The standard InChI is InChI=1S/C13H12BrNO2/c1-9-6-11(8-17-9)13(16)15-7-10-4-2-3-5-12(10)14/h2-6,8H,7H2,1H3,(H,15,16). The quantitative estimate of drug-likeness (QED) is 0.944. The van der Waals surface area contributed by atoms with Crippen LogP contribution < -0.4 is 5.32 Å². The van der Waals surface area contributed by atoms with Gasteiger partial charge in [-0.3, -0.25) is 4.79 Å². The molecule has 1 heterocycles. The van der Waals surface area contributed by atoms with Gasteiger partial charge in [0, 0.05) is 11.0 Å². The first-order valence-corrected chi connectivity index (χ1v) is 6.03. The number of hydrogen-bond acceptors (Lipinski definition) is 2. The lowest BCUT2D eigenvalue weighted by Crippen LogP contribution is -2.22. The molecule has 0 aliphatic rings. The van der Waals surface area contributed by atoms with Gasteiger partial charge in [0.25, 0.3) is 5.91 Å². The zero-order valence-electron chi connectivity index (χ0n) is 9.37. The van der Waals surface area contributed by atoms with Crippen LogP contribution in [0.25, 0.3) is 0 Å². The molecule has 1 aromatic heterocycles. The Kier molecular flexibility index (Phi) is 3.64. The Morgan fingerprint density at radius 1 is 1.41 bits per heavy atom. The van der Waals surface area contributed by atoms with E-state index in [4.69, 9.17) is 4.42 Å². The van der Waals surface area contributed by atoms with E-state index >= 15 is 0 Å². The highest BCUT2D eigenvalue weighted by Gasteiger charge is 2.08. The molecule has 1 N–H and O–H groups in total. The summed E-state index contributed by atoms with van der Waals surface area (Å²) in [5.41, 5.74) is 1.59. The fourth-order valence-corrected chi connectivity index (χ4v) is 1.91. The number of carbonyl (C=O) groups excluding carboxylic acids is 1. The van der Waals surface area contributed by atoms with E-state index in [9.17, 15) is 4.79 Å². The van der Waals surface area contributed by atoms with Crippen LogP contribution in [0.15, 0.2) is 45.5 Å². The van der Waals surface area contributed by atoms with Crippen LogP contribution >= 0.6 is 15.9 Å². The van der Waals surface area contributed by atoms with Gasteiger partial charge in [-0.15, -0.1) is 0 Å². The Balaban J connectivity index is 1.99. The van der Waals surface area contributed by atoms with Crippen molar-refractivity contribution in [1.82, 2.24) is 5.32 Å². The molecule has 0 bridgehead atoms. The zero-order chi connectivity index (χ0) is 12.3. The van der Waals surface area contributed by atoms with Crippen LogP contribution in [0.1, 0.15) is 21.7 Å². The summed E-state index contributed by atoms with van der Waals surface area (Å²) in [5.74, 6) is 0.605. The van der Waals surface area contributed by atoms with Gasteiger partial charge in [0.05, 0.1) is 5.56 Å². The minimum atomic E-state index is -0.127. The second-order valence-corrected chi connectivity index (χ2v) is 4.57. The molecule has 17 heavy (non-hydrogen) atoms. The largest absolute Gasteiger partial charge is 0.469 e. The van der Waals surface area contributed by atoms with Crippen molar-refractivity contribution in [3.8, 4) is 0 Å². The third-order valence-corrected chi connectivity index (χ3v) is 3.16. The second-order valence-electron chi connectivity index (χ2n) is 3.72. The highest BCUT2D eigenvalue weighted by Crippen LogP contribution is 2.15. The Bertz CT molecular complexity index is 534. The first-order valence-electron chi connectivity index (χ1n) is 5.23. The second kappa shape index (κ2) is 5.19. The van der Waals surface area contributed by atoms with Crippen molar-refractivity contribution in [2.24, 2.45) is 0 Å². The molecule has 0 saturated heterocycles. The maximum atomic E-state index is 11.8. The fourth-order valence-electron chi connectivity index (χ4n) is 1.48. The Hall–Kier alpha value is -1.55. The number of amides is 1. The average Bonchev–Trinajstić information content (AvgIpc) is 2.74. The molecule has 88 valence electrons. The molecule has 3 nitrogen and oxygen atoms in total. The Morgan fingerprint density at radius 2 is 2.18 bits per heavy atom. The van der Waals surface area contributed by atoms with Gasteiger partial charge in [-0.25, -0.2) is 0 Å². The van der Waals surface area contributed by atoms with E-state index in [1.807, 2.05) is 31.2 Å². The van der Waals surface area contributed by atoms with E-state index in [1.54, 1.807) is 6.07 Å². The highest BCUT2D eigenvalue weighted by atomic mass is 79.9. The topological polar surface area (TPSA) is 42.2 Å². The summed E-state index contributed by atoms with van der Waals surface area (Å²) in [5, 5.41) is 2.84. The highest BCUT2D eigenvalue weighted by molar-refractivity contribution is 9.10. The normalized spacial score (nSPS) is 10.2. The van der Waals surface area contributed by atoms with Crippen LogP contribution in [-0.4, -0.2) is 5.91 Å². The lowest BCUT2D eigenvalue weighted by atomic mass is 10.2. The molecular formula is C13H12BrNO2.